The first-order valence-electron chi connectivity index (χ1n) is 7.57. The fourth-order valence-electron chi connectivity index (χ4n) is 4.63. The highest BCUT2D eigenvalue weighted by Gasteiger charge is 2.45. The van der Waals surface area contributed by atoms with E-state index in [1.165, 1.54) is 44.5 Å². The van der Waals surface area contributed by atoms with Crippen LogP contribution in [-0.2, 0) is 4.79 Å². The Kier molecular flexibility index (Phi) is 2.51. The van der Waals surface area contributed by atoms with Gasteiger partial charge in [-0.25, -0.2) is 0 Å². The number of fused-ring (bicyclic) bond motifs is 6. The molecule has 18 heavy (non-hydrogen) atoms. The molecule has 4 rings (SSSR count). The monoisotopic (exact) mass is 246 g/mol. The van der Waals surface area contributed by atoms with Crippen molar-refractivity contribution in [2.24, 2.45) is 11.8 Å². The molecule has 2 bridgehead atoms. The van der Waals surface area contributed by atoms with Gasteiger partial charge in [-0.2, -0.15) is 0 Å². The minimum absolute atomic E-state index is 0.381. The molecule has 3 nitrogen and oxygen atoms in total. The summed E-state index contributed by atoms with van der Waals surface area (Å²) < 4.78 is 0. The Balaban J connectivity index is 1.65. The number of carbonyl (C=O) groups is 1. The average molecular weight is 246 g/mol. The lowest BCUT2D eigenvalue weighted by Crippen LogP contribution is -2.59. The van der Waals surface area contributed by atoms with Crippen molar-refractivity contribution in [2.75, 3.05) is 19.6 Å². The number of hydrogen-bond acceptors (Lipinski definition) is 2. The van der Waals surface area contributed by atoms with E-state index in [0.717, 1.165) is 31.3 Å². The van der Waals surface area contributed by atoms with Gasteiger partial charge in [-0.05, 0) is 38.1 Å². The number of rotatable bonds is 0. The van der Waals surface area contributed by atoms with E-state index in [1.54, 1.807) is 0 Å². The zero-order valence-corrected chi connectivity index (χ0v) is 11.0. The van der Waals surface area contributed by atoms with E-state index in [0.29, 0.717) is 11.8 Å². The maximum absolute atomic E-state index is 12.1. The highest BCUT2D eigenvalue weighted by Crippen LogP contribution is 2.43. The van der Waals surface area contributed by atoms with Crippen LogP contribution in [0.4, 0.5) is 0 Å². The third-order valence-corrected chi connectivity index (χ3v) is 5.41. The second kappa shape index (κ2) is 4.09. The summed E-state index contributed by atoms with van der Waals surface area (Å²) in [6, 6.07) is 0.770. The van der Waals surface area contributed by atoms with E-state index in [2.05, 4.69) is 15.9 Å². The molecule has 0 radical (unpaired) electrons. The van der Waals surface area contributed by atoms with Crippen molar-refractivity contribution in [3.63, 3.8) is 0 Å². The van der Waals surface area contributed by atoms with Crippen LogP contribution >= 0.6 is 0 Å². The molecule has 0 aromatic heterocycles. The van der Waals surface area contributed by atoms with Gasteiger partial charge < -0.3 is 4.90 Å². The minimum Gasteiger partial charge on any atom is -0.316 e. The van der Waals surface area contributed by atoms with Crippen LogP contribution in [0.25, 0.3) is 0 Å². The molecule has 0 saturated carbocycles. The van der Waals surface area contributed by atoms with Crippen LogP contribution in [0, 0.1) is 11.8 Å². The fourth-order valence-corrected chi connectivity index (χ4v) is 4.63. The Morgan fingerprint density at radius 1 is 1.22 bits per heavy atom. The van der Waals surface area contributed by atoms with E-state index in [-0.39, 0.29) is 0 Å². The van der Waals surface area contributed by atoms with Gasteiger partial charge in [-0.1, -0.05) is 12.5 Å². The molecule has 4 heterocycles. The Morgan fingerprint density at radius 2 is 2.17 bits per heavy atom. The average Bonchev–Trinajstić information content (AvgIpc) is 2.40. The molecule has 0 aliphatic carbocycles. The zero-order chi connectivity index (χ0) is 12.1. The highest BCUT2D eigenvalue weighted by atomic mass is 16.2. The summed E-state index contributed by atoms with van der Waals surface area (Å²) in [6.07, 6.45) is 9.49. The predicted molar refractivity (Wildman–Crippen MR) is 69.8 cm³/mol. The van der Waals surface area contributed by atoms with Gasteiger partial charge in [0.1, 0.15) is 0 Å². The van der Waals surface area contributed by atoms with Crippen LogP contribution in [0.2, 0.25) is 0 Å². The normalized spacial score (nSPS) is 40.0. The smallest absolute Gasteiger partial charge is 0.227 e. The van der Waals surface area contributed by atoms with Gasteiger partial charge in [0.2, 0.25) is 5.91 Å². The number of allylic oxidation sites excluding steroid dienone is 1. The van der Waals surface area contributed by atoms with Gasteiger partial charge in [-0.15, -0.1) is 0 Å². The summed E-state index contributed by atoms with van der Waals surface area (Å²) in [4.78, 5) is 16.9. The maximum atomic E-state index is 12.1. The molecule has 98 valence electrons. The highest BCUT2D eigenvalue weighted by molar-refractivity contribution is 5.79. The van der Waals surface area contributed by atoms with Gasteiger partial charge in [0.05, 0.1) is 0 Å². The molecular weight excluding hydrogens is 224 g/mol. The third kappa shape index (κ3) is 1.56. The molecule has 0 aromatic rings. The number of hydrogen-bond donors (Lipinski definition) is 0. The van der Waals surface area contributed by atoms with Crippen molar-refractivity contribution >= 4 is 5.91 Å². The van der Waals surface area contributed by atoms with Gasteiger partial charge in [0, 0.05) is 37.2 Å². The molecule has 3 fully saturated rings. The number of piperidine rings is 3. The van der Waals surface area contributed by atoms with Crippen LogP contribution in [0.3, 0.4) is 0 Å². The lowest BCUT2D eigenvalue weighted by Gasteiger charge is -2.54. The van der Waals surface area contributed by atoms with Crippen molar-refractivity contribution in [3.8, 4) is 0 Å². The summed E-state index contributed by atoms with van der Waals surface area (Å²) in [5, 5.41) is 0. The number of amides is 1. The van der Waals surface area contributed by atoms with Crippen LogP contribution in [0.1, 0.15) is 38.5 Å². The minimum atomic E-state index is 0.381. The summed E-state index contributed by atoms with van der Waals surface area (Å²) in [5.74, 6) is 1.76. The second-order valence-electron chi connectivity index (χ2n) is 6.42. The fraction of sp³-hybridized carbons (Fsp3) is 0.800. The third-order valence-electron chi connectivity index (χ3n) is 5.41. The van der Waals surface area contributed by atoms with Crippen molar-refractivity contribution in [1.29, 1.82) is 0 Å². The van der Waals surface area contributed by atoms with E-state index in [1.807, 2.05) is 0 Å². The Labute approximate surface area is 109 Å². The van der Waals surface area contributed by atoms with Crippen LogP contribution in [0.15, 0.2) is 11.8 Å². The summed E-state index contributed by atoms with van der Waals surface area (Å²) in [5.41, 5.74) is 1.37. The van der Waals surface area contributed by atoms with Crippen molar-refractivity contribution in [3.05, 3.63) is 11.8 Å². The second-order valence-corrected chi connectivity index (χ2v) is 6.42. The molecule has 1 amide bonds. The Hall–Kier alpha value is -0.830. The van der Waals surface area contributed by atoms with Crippen molar-refractivity contribution < 1.29 is 4.79 Å². The van der Waals surface area contributed by atoms with Crippen LogP contribution in [-0.4, -0.2) is 41.4 Å². The summed E-state index contributed by atoms with van der Waals surface area (Å²) in [7, 11) is 0. The molecule has 0 N–H and O–H groups in total. The van der Waals surface area contributed by atoms with Gasteiger partial charge in [-0.3, -0.25) is 9.69 Å². The van der Waals surface area contributed by atoms with E-state index >= 15 is 0 Å². The van der Waals surface area contributed by atoms with Crippen LogP contribution < -0.4 is 0 Å². The summed E-state index contributed by atoms with van der Waals surface area (Å²) >= 11 is 0. The molecule has 0 aromatic carbocycles. The van der Waals surface area contributed by atoms with Gasteiger partial charge in [0.25, 0.3) is 0 Å². The van der Waals surface area contributed by atoms with E-state index < -0.39 is 0 Å². The molecular formula is C15H22N2O. The summed E-state index contributed by atoms with van der Waals surface area (Å²) in [6.45, 7) is 3.50. The topological polar surface area (TPSA) is 23.6 Å². The maximum Gasteiger partial charge on any atom is 0.227 e. The molecule has 0 spiro atoms. The molecule has 3 saturated heterocycles. The molecule has 3 unspecified atom stereocenters. The Bertz CT molecular complexity index is 403. The van der Waals surface area contributed by atoms with Gasteiger partial charge >= 0.3 is 0 Å². The van der Waals surface area contributed by atoms with Crippen LogP contribution in [0.5, 0.6) is 0 Å². The molecule has 4 aliphatic heterocycles. The first kappa shape index (κ1) is 11.0. The molecule has 3 atom stereocenters. The number of carbonyl (C=O) groups excluding carboxylic acids is 1. The first-order valence-corrected chi connectivity index (χ1v) is 7.57. The standard InChI is InChI=1S/C15H22N2O/c18-15-6-3-5-14-11-8-12(10-17(14)15)13-4-1-2-7-16(13)9-11/h5,11-13H,1-4,6-10H2. The lowest BCUT2D eigenvalue weighted by molar-refractivity contribution is -0.134. The van der Waals surface area contributed by atoms with Gasteiger partial charge in [0.15, 0.2) is 0 Å². The van der Waals surface area contributed by atoms with E-state index in [4.69, 9.17) is 0 Å². The van der Waals surface area contributed by atoms with Crippen molar-refractivity contribution in [2.45, 2.75) is 44.6 Å². The zero-order valence-electron chi connectivity index (χ0n) is 11.0. The lowest BCUT2D eigenvalue weighted by atomic mass is 9.74. The number of nitrogens with zero attached hydrogens (tertiary/aromatic N) is 2. The van der Waals surface area contributed by atoms with E-state index in [9.17, 15) is 4.79 Å². The largest absolute Gasteiger partial charge is 0.316 e. The quantitative estimate of drug-likeness (QED) is 0.652. The van der Waals surface area contributed by atoms with Crippen molar-refractivity contribution in [1.82, 2.24) is 9.80 Å². The SMILES string of the molecule is O=C1CCC=C2C3CC(CN12)C1CCCCN1C3. The predicted octanol–water partition coefficient (Wildman–Crippen LogP) is 2.00. The molecule has 4 aliphatic rings. The molecule has 3 heteroatoms. The first-order chi connectivity index (χ1) is 8.83. The Morgan fingerprint density at radius 3 is 3.11 bits per heavy atom.